The maximum absolute atomic E-state index is 12.4. The largest absolute Gasteiger partial charge is 0.444 e. The van der Waals surface area contributed by atoms with Gasteiger partial charge >= 0.3 is 6.09 Å². The Morgan fingerprint density at radius 2 is 1.80 bits per heavy atom. The zero-order chi connectivity index (χ0) is 19.0. The van der Waals surface area contributed by atoms with E-state index in [4.69, 9.17) is 10.00 Å². The highest BCUT2D eigenvalue weighted by molar-refractivity contribution is 5.86. The highest BCUT2D eigenvalue weighted by Gasteiger charge is 2.24. The lowest BCUT2D eigenvalue weighted by Gasteiger charge is -2.23. The lowest BCUT2D eigenvalue weighted by molar-refractivity contribution is -0.123. The average molecular weight is 345 g/mol. The summed E-state index contributed by atoms with van der Waals surface area (Å²) < 4.78 is 5.25. The summed E-state index contributed by atoms with van der Waals surface area (Å²) in [4.78, 5) is 24.5. The van der Waals surface area contributed by atoms with E-state index in [2.05, 4.69) is 16.7 Å². The molecule has 0 radical (unpaired) electrons. The fraction of sp³-hybridized carbons (Fsp3) is 0.526. The quantitative estimate of drug-likeness (QED) is 0.829. The second-order valence-corrected chi connectivity index (χ2v) is 7.35. The van der Waals surface area contributed by atoms with Crippen LogP contribution in [0.3, 0.4) is 0 Å². The molecule has 1 aromatic carbocycles. The number of rotatable bonds is 6. The summed E-state index contributed by atoms with van der Waals surface area (Å²) in [6.45, 7) is 9.82. The molecular weight excluding hydrogens is 318 g/mol. The van der Waals surface area contributed by atoms with Crippen molar-refractivity contribution in [1.82, 2.24) is 10.6 Å². The summed E-state index contributed by atoms with van der Waals surface area (Å²) in [6.07, 6.45) is -0.319. The third kappa shape index (κ3) is 8.20. The van der Waals surface area contributed by atoms with Crippen molar-refractivity contribution in [3.63, 3.8) is 0 Å². The summed E-state index contributed by atoms with van der Waals surface area (Å²) in [5.41, 5.74) is 0.752. The minimum atomic E-state index is -0.749. The number of nitrogens with zero attached hydrogens (tertiary/aromatic N) is 1. The van der Waals surface area contributed by atoms with Crippen LogP contribution in [0.5, 0.6) is 0 Å². The molecule has 1 atom stereocenters. The number of hydrogen-bond acceptors (Lipinski definition) is 4. The van der Waals surface area contributed by atoms with Crippen LogP contribution in [0.1, 0.15) is 45.7 Å². The zero-order valence-corrected chi connectivity index (χ0v) is 15.6. The van der Waals surface area contributed by atoms with Gasteiger partial charge in [-0.25, -0.2) is 4.79 Å². The third-order valence-electron chi connectivity index (χ3n) is 3.21. The molecule has 0 unspecified atom stereocenters. The van der Waals surface area contributed by atoms with Crippen LogP contribution in [0.25, 0.3) is 0 Å². The van der Waals surface area contributed by atoms with Crippen LogP contribution >= 0.6 is 0 Å². The predicted octanol–water partition coefficient (Wildman–Crippen LogP) is 2.77. The van der Waals surface area contributed by atoms with Gasteiger partial charge in [0.1, 0.15) is 11.6 Å². The number of ether oxygens (including phenoxy) is 1. The van der Waals surface area contributed by atoms with Gasteiger partial charge in [0.15, 0.2) is 0 Å². The molecule has 0 aliphatic rings. The number of benzene rings is 1. The molecule has 25 heavy (non-hydrogen) atoms. The number of amides is 2. The number of hydrogen-bond donors (Lipinski definition) is 2. The van der Waals surface area contributed by atoms with E-state index in [-0.39, 0.29) is 5.91 Å². The van der Waals surface area contributed by atoms with Gasteiger partial charge in [0.05, 0.1) is 11.6 Å². The molecule has 6 nitrogen and oxygen atoms in total. The molecular formula is C19H27N3O3. The minimum Gasteiger partial charge on any atom is -0.444 e. The Morgan fingerprint density at radius 1 is 1.20 bits per heavy atom. The third-order valence-corrected chi connectivity index (χ3v) is 3.21. The summed E-state index contributed by atoms with van der Waals surface area (Å²) >= 11 is 0. The van der Waals surface area contributed by atoms with Gasteiger partial charge in [0.25, 0.3) is 0 Å². The zero-order valence-electron chi connectivity index (χ0n) is 15.6. The van der Waals surface area contributed by atoms with Crippen molar-refractivity contribution in [3.05, 3.63) is 35.4 Å². The van der Waals surface area contributed by atoms with E-state index in [1.165, 1.54) is 0 Å². The Kier molecular flexibility index (Phi) is 7.43. The molecule has 0 saturated heterocycles. The standard InChI is InChI=1S/C19H27N3O3/c1-13(2)12-21-17(23)16(22-18(24)25-19(3,4)5)10-14-6-8-15(11-20)9-7-14/h6-9,13,16H,10,12H2,1-5H3,(H,21,23)(H,22,24)/t16-/m0/s1. The molecule has 0 spiro atoms. The maximum Gasteiger partial charge on any atom is 0.408 e. The van der Waals surface area contributed by atoms with E-state index >= 15 is 0 Å². The van der Waals surface area contributed by atoms with Crippen molar-refractivity contribution in [3.8, 4) is 6.07 Å². The molecule has 6 heteroatoms. The van der Waals surface area contributed by atoms with Crippen LogP contribution in [0.15, 0.2) is 24.3 Å². The second-order valence-electron chi connectivity index (χ2n) is 7.35. The first-order valence-electron chi connectivity index (χ1n) is 8.37. The number of nitrogens with one attached hydrogen (secondary N) is 2. The Labute approximate surface area is 149 Å². The summed E-state index contributed by atoms with van der Waals surface area (Å²) in [7, 11) is 0. The van der Waals surface area contributed by atoms with Crippen molar-refractivity contribution in [2.24, 2.45) is 5.92 Å². The van der Waals surface area contributed by atoms with Gasteiger partial charge in [0.2, 0.25) is 5.91 Å². The lowest BCUT2D eigenvalue weighted by Crippen LogP contribution is -2.49. The van der Waals surface area contributed by atoms with Gasteiger partial charge in [-0.2, -0.15) is 5.26 Å². The van der Waals surface area contributed by atoms with Crippen LogP contribution < -0.4 is 10.6 Å². The molecule has 0 heterocycles. The molecule has 1 rings (SSSR count). The molecule has 2 N–H and O–H groups in total. The van der Waals surface area contributed by atoms with Crippen molar-refractivity contribution in [2.45, 2.75) is 52.7 Å². The first kappa shape index (κ1) is 20.5. The topological polar surface area (TPSA) is 91.2 Å². The van der Waals surface area contributed by atoms with Gasteiger partial charge in [-0.3, -0.25) is 4.79 Å². The van der Waals surface area contributed by atoms with E-state index in [0.717, 1.165) is 5.56 Å². The Bertz CT molecular complexity index is 625. The molecule has 136 valence electrons. The van der Waals surface area contributed by atoms with Crippen molar-refractivity contribution >= 4 is 12.0 Å². The predicted molar refractivity (Wildman–Crippen MR) is 95.9 cm³/mol. The van der Waals surface area contributed by atoms with Gasteiger partial charge in [-0.15, -0.1) is 0 Å². The molecule has 0 bridgehead atoms. The number of carbonyl (C=O) groups excluding carboxylic acids is 2. The smallest absolute Gasteiger partial charge is 0.408 e. The molecule has 0 aliphatic carbocycles. The normalized spacial score (nSPS) is 12.2. The summed E-state index contributed by atoms with van der Waals surface area (Å²) in [5.74, 6) is 0.0463. The van der Waals surface area contributed by atoms with E-state index in [1.54, 1.807) is 45.0 Å². The molecule has 0 saturated carbocycles. The minimum absolute atomic E-state index is 0.260. The van der Waals surface area contributed by atoms with E-state index in [1.807, 2.05) is 13.8 Å². The Hall–Kier alpha value is -2.55. The van der Waals surface area contributed by atoms with Gasteiger partial charge in [0, 0.05) is 13.0 Å². The van der Waals surface area contributed by atoms with E-state index in [9.17, 15) is 9.59 Å². The van der Waals surface area contributed by atoms with Crippen molar-refractivity contribution in [1.29, 1.82) is 5.26 Å². The van der Waals surface area contributed by atoms with E-state index in [0.29, 0.717) is 24.4 Å². The first-order valence-corrected chi connectivity index (χ1v) is 8.37. The Balaban J connectivity index is 2.84. The maximum atomic E-state index is 12.4. The number of alkyl carbamates (subject to hydrolysis) is 1. The van der Waals surface area contributed by atoms with Gasteiger partial charge in [-0.1, -0.05) is 26.0 Å². The monoisotopic (exact) mass is 345 g/mol. The van der Waals surface area contributed by atoms with E-state index < -0.39 is 17.7 Å². The lowest BCUT2D eigenvalue weighted by atomic mass is 10.0. The Morgan fingerprint density at radius 3 is 2.28 bits per heavy atom. The van der Waals surface area contributed by atoms with Crippen molar-refractivity contribution < 1.29 is 14.3 Å². The van der Waals surface area contributed by atoms with Gasteiger partial charge < -0.3 is 15.4 Å². The highest BCUT2D eigenvalue weighted by Crippen LogP contribution is 2.10. The molecule has 1 aromatic rings. The van der Waals surface area contributed by atoms with Gasteiger partial charge in [-0.05, 0) is 44.4 Å². The van der Waals surface area contributed by atoms with Crippen LogP contribution in [0.4, 0.5) is 4.79 Å². The van der Waals surface area contributed by atoms with Crippen molar-refractivity contribution in [2.75, 3.05) is 6.54 Å². The second kappa shape index (κ2) is 9.07. The summed E-state index contributed by atoms with van der Waals surface area (Å²) in [5, 5.41) is 14.3. The molecule has 0 fully saturated rings. The number of nitriles is 1. The van der Waals surface area contributed by atoms with Crippen LogP contribution in [0, 0.1) is 17.2 Å². The van der Waals surface area contributed by atoms with Crippen LogP contribution in [-0.2, 0) is 16.0 Å². The number of carbonyl (C=O) groups is 2. The molecule has 0 aliphatic heterocycles. The SMILES string of the molecule is CC(C)CNC(=O)[C@H](Cc1ccc(C#N)cc1)NC(=O)OC(C)(C)C. The highest BCUT2D eigenvalue weighted by atomic mass is 16.6. The van der Waals surface area contributed by atoms with Crippen LogP contribution in [-0.4, -0.2) is 30.2 Å². The summed E-state index contributed by atoms with van der Waals surface area (Å²) in [6, 6.07) is 8.23. The first-order chi connectivity index (χ1) is 11.6. The average Bonchev–Trinajstić information content (AvgIpc) is 2.50. The fourth-order valence-corrected chi connectivity index (χ4v) is 2.04. The molecule has 0 aromatic heterocycles. The fourth-order valence-electron chi connectivity index (χ4n) is 2.04. The van der Waals surface area contributed by atoms with Crippen LogP contribution in [0.2, 0.25) is 0 Å². The molecule has 2 amide bonds.